The van der Waals surface area contributed by atoms with Crippen molar-refractivity contribution in [2.75, 3.05) is 25.4 Å². The molecule has 0 atom stereocenters. The van der Waals surface area contributed by atoms with Gasteiger partial charge < -0.3 is 20.0 Å². The standard InChI is InChI=1S/C17H17F3N2O4/c1-24-9-10-25-15-11-13(7-8-14(15)17(18,19)20)22(26-16(21)23)12-5-3-2-4-6-12/h2-8,11H,9-10H2,1H3,(H2,21,23). The average Bonchev–Trinajstić information content (AvgIpc) is 2.59. The van der Waals surface area contributed by atoms with Crippen LogP contribution in [0.2, 0.25) is 0 Å². The molecular formula is C17H17F3N2O4. The highest BCUT2D eigenvalue weighted by Crippen LogP contribution is 2.39. The summed E-state index contributed by atoms with van der Waals surface area (Å²) < 4.78 is 49.6. The van der Waals surface area contributed by atoms with Gasteiger partial charge in [-0.05, 0) is 24.3 Å². The number of amides is 1. The lowest BCUT2D eigenvalue weighted by Crippen LogP contribution is -2.26. The molecule has 2 aromatic carbocycles. The summed E-state index contributed by atoms with van der Waals surface area (Å²) in [7, 11) is 1.41. The van der Waals surface area contributed by atoms with Gasteiger partial charge in [-0.3, -0.25) is 0 Å². The molecule has 1 amide bonds. The Morgan fingerprint density at radius 3 is 2.35 bits per heavy atom. The number of anilines is 2. The smallest absolute Gasteiger partial charge is 0.429 e. The van der Waals surface area contributed by atoms with E-state index < -0.39 is 23.6 Å². The van der Waals surface area contributed by atoms with E-state index in [1.807, 2.05) is 0 Å². The fourth-order valence-corrected chi connectivity index (χ4v) is 2.13. The van der Waals surface area contributed by atoms with Gasteiger partial charge in [-0.1, -0.05) is 18.2 Å². The molecule has 0 aliphatic carbocycles. The van der Waals surface area contributed by atoms with E-state index in [9.17, 15) is 18.0 Å². The predicted octanol–water partition coefficient (Wildman–Crippen LogP) is 3.88. The van der Waals surface area contributed by atoms with E-state index in [1.165, 1.54) is 7.11 Å². The summed E-state index contributed by atoms with van der Waals surface area (Å²) in [5.74, 6) is -0.416. The maximum Gasteiger partial charge on any atom is 0.429 e. The van der Waals surface area contributed by atoms with Gasteiger partial charge >= 0.3 is 12.3 Å². The third-order valence-electron chi connectivity index (χ3n) is 3.22. The van der Waals surface area contributed by atoms with Crippen LogP contribution in [0.4, 0.5) is 29.3 Å². The molecule has 0 unspecified atom stereocenters. The fraction of sp³-hybridized carbons (Fsp3) is 0.235. The number of para-hydroxylation sites is 1. The second kappa shape index (κ2) is 8.43. The van der Waals surface area contributed by atoms with Crippen LogP contribution in [0, 0.1) is 0 Å². The SMILES string of the molecule is COCCOc1cc(N(OC(N)=O)c2ccccc2)ccc1C(F)(F)F. The Morgan fingerprint density at radius 1 is 1.08 bits per heavy atom. The minimum Gasteiger partial charge on any atom is -0.490 e. The number of ether oxygens (including phenoxy) is 2. The highest BCUT2D eigenvalue weighted by atomic mass is 19.4. The molecule has 0 spiro atoms. The summed E-state index contributed by atoms with van der Waals surface area (Å²) in [4.78, 5) is 16.1. The molecule has 9 heteroatoms. The van der Waals surface area contributed by atoms with E-state index in [1.54, 1.807) is 30.3 Å². The Hall–Kier alpha value is -2.94. The third-order valence-corrected chi connectivity index (χ3v) is 3.22. The van der Waals surface area contributed by atoms with Crippen molar-refractivity contribution in [3.8, 4) is 5.75 Å². The molecule has 0 saturated heterocycles. The number of alkyl halides is 3. The first-order valence-electron chi connectivity index (χ1n) is 7.48. The van der Waals surface area contributed by atoms with Crippen molar-refractivity contribution in [1.29, 1.82) is 0 Å². The van der Waals surface area contributed by atoms with Gasteiger partial charge in [0.2, 0.25) is 0 Å². The Balaban J connectivity index is 2.45. The highest BCUT2D eigenvalue weighted by molar-refractivity contribution is 5.71. The maximum atomic E-state index is 13.2. The number of halogens is 3. The van der Waals surface area contributed by atoms with Crippen LogP contribution in [0.15, 0.2) is 48.5 Å². The van der Waals surface area contributed by atoms with Gasteiger partial charge in [0.25, 0.3) is 0 Å². The lowest BCUT2D eigenvalue weighted by molar-refractivity contribution is -0.139. The average molecular weight is 370 g/mol. The topological polar surface area (TPSA) is 74.0 Å². The van der Waals surface area contributed by atoms with Crippen LogP contribution in [0.1, 0.15) is 5.56 Å². The minimum absolute atomic E-state index is 0.0783. The largest absolute Gasteiger partial charge is 0.490 e. The first kappa shape index (κ1) is 19.4. The molecule has 2 rings (SSSR count). The van der Waals surface area contributed by atoms with Gasteiger partial charge in [0, 0.05) is 13.2 Å². The normalized spacial score (nSPS) is 11.1. The Morgan fingerprint density at radius 2 is 1.77 bits per heavy atom. The second-order valence-corrected chi connectivity index (χ2v) is 5.06. The molecule has 140 valence electrons. The van der Waals surface area contributed by atoms with Crippen LogP contribution in [-0.2, 0) is 15.8 Å². The van der Waals surface area contributed by atoms with Crippen LogP contribution in [0.5, 0.6) is 5.75 Å². The first-order valence-corrected chi connectivity index (χ1v) is 7.48. The van der Waals surface area contributed by atoms with E-state index >= 15 is 0 Å². The summed E-state index contributed by atoms with van der Waals surface area (Å²) in [5.41, 5.74) is 4.65. The second-order valence-electron chi connectivity index (χ2n) is 5.06. The van der Waals surface area contributed by atoms with Crippen molar-refractivity contribution in [2.45, 2.75) is 6.18 Å². The van der Waals surface area contributed by atoms with E-state index in [0.29, 0.717) is 5.69 Å². The zero-order valence-electron chi connectivity index (χ0n) is 13.8. The monoisotopic (exact) mass is 370 g/mol. The molecule has 0 fully saturated rings. The predicted molar refractivity (Wildman–Crippen MR) is 88.1 cm³/mol. The van der Waals surface area contributed by atoms with E-state index in [-0.39, 0.29) is 18.9 Å². The number of rotatable bonds is 7. The molecule has 2 N–H and O–H groups in total. The Bertz CT molecular complexity index is 739. The van der Waals surface area contributed by atoms with Crippen LogP contribution in [0.3, 0.4) is 0 Å². The lowest BCUT2D eigenvalue weighted by atomic mass is 10.1. The van der Waals surface area contributed by atoms with Crippen LogP contribution < -0.4 is 15.5 Å². The number of nitrogens with zero attached hydrogens (tertiary/aromatic N) is 1. The van der Waals surface area contributed by atoms with Gasteiger partial charge in [0.1, 0.15) is 12.4 Å². The van der Waals surface area contributed by atoms with Gasteiger partial charge in [-0.15, -0.1) is 0 Å². The number of methoxy groups -OCH3 is 1. The van der Waals surface area contributed by atoms with Crippen LogP contribution in [-0.4, -0.2) is 26.4 Å². The number of benzene rings is 2. The van der Waals surface area contributed by atoms with Crippen molar-refractivity contribution in [3.05, 3.63) is 54.1 Å². The van der Waals surface area contributed by atoms with E-state index in [2.05, 4.69) is 0 Å². The zero-order chi connectivity index (χ0) is 19.2. The fourth-order valence-electron chi connectivity index (χ4n) is 2.13. The van der Waals surface area contributed by atoms with Crippen molar-refractivity contribution in [1.82, 2.24) is 0 Å². The molecular weight excluding hydrogens is 353 g/mol. The highest BCUT2D eigenvalue weighted by Gasteiger charge is 2.35. The summed E-state index contributed by atoms with van der Waals surface area (Å²) in [5, 5.41) is 1.02. The summed E-state index contributed by atoms with van der Waals surface area (Å²) in [6.07, 6.45) is -5.72. The van der Waals surface area contributed by atoms with Gasteiger partial charge in [0.15, 0.2) is 0 Å². The van der Waals surface area contributed by atoms with Crippen molar-refractivity contribution in [3.63, 3.8) is 0 Å². The number of nitrogens with two attached hydrogens (primary N) is 1. The Kier molecular flexibility index (Phi) is 6.29. The molecule has 26 heavy (non-hydrogen) atoms. The minimum atomic E-state index is -4.61. The summed E-state index contributed by atoms with van der Waals surface area (Å²) in [6, 6.07) is 11.4. The maximum absolute atomic E-state index is 13.2. The molecule has 0 bridgehead atoms. The molecule has 0 aliphatic rings. The van der Waals surface area contributed by atoms with E-state index in [0.717, 1.165) is 23.3 Å². The molecule has 0 aromatic heterocycles. The molecule has 0 saturated carbocycles. The molecule has 0 aliphatic heterocycles. The molecule has 0 heterocycles. The zero-order valence-corrected chi connectivity index (χ0v) is 13.8. The number of carbonyl (C=O) groups excluding carboxylic acids is 1. The summed E-state index contributed by atoms with van der Waals surface area (Å²) >= 11 is 0. The number of hydrogen-bond donors (Lipinski definition) is 1. The summed E-state index contributed by atoms with van der Waals surface area (Å²) in [6.45, 7) is 0.0345. The molecule has 6 nitrogen and oxygen atoms in total. The Labute approximate surface area is 147 Å². The van der Waals surface area contributed by atoms with Gasteiger partial charge in [0.05, 0.1) is 23.5 Å². The van der Waals surface area contributed by atoms with E-state index in [4.69, 9.17) is 20.0 Å². The van der Waals surface area contributed by atoms with Crippen LogP contribution >= 0.6 is 0 Å². The molecule has 0 radical (unpaired) electrons. The van der Waals surface area contributed by atoms with Gasteiger partial charge in [-0.25, -0.2) is 4.79 Å². The number of hydrogen-bond acceptors (Lipinski definition) is 5. The van der Waals surface area contributed by atoms with Crippen molar-refractivity contribution < 1.29 is 32.3 Å². The molecule has 2 aromatic rings. The third kappa shape index (κ3) is 5.03. The van der Waals surface area contributed by atoms with Crippen molar-refractivity contribution >= 4 is 17.5 Å². The lowest BCUT2D eigenvalue weighted by Gasteiger charge is -2.23. The van der Waals surface area contributed by atoms with Crippen molar-refractivity contribution in [2.24, 2.45) is 5.73 Å². The number of carbonyl (C=O) groups is 1. The van der Waals surface area contributed by atoms with Crippen LogP contribution in [0.25, 0.3) is 0 Å². The van der Waals surface area contributed by atoms with Gasteiger partial charge in [-0.2, -0.15) is 18.2 Å². The number of primary amides is 1. The first-order chi connectivity index (χ1) is 12.3. The quantitative estimate of drug-likeness (QED) is 0.591.